The van der Waals surface area contributed by atoms with Gasteiger partial charge in [0.15, 0.2) is 0 Å². The lowest BCUT2D eigenvalue weighted by molar-refractivity contribution is -0.127. The minimum Gasteiger partial charge on any atom is -0.368 e. The minimum absolute atomic E-state index is 0.132. The van der Waals surface area contributed by atoms with Crippen molar-refractivity contribution in [1.29, 1.82) is 0 Å². The number of benzene rings is 1. The molecule has 2 atom stereocenters. The second-order valence-electron chi connectivity index (χ2n) is 7.54. The molecule has 1 N–H and O–H groups in total. The van der Waals surface area contributed by atoms with Crippen molar-refractivity contribution in [3.8, 4) is 0 Å². The van der Waals surface area contributed by atoms with Gasteiger partial charge in [0.2, 0.25) is 5.91 Å². The van der Waals surface area contributed by atoms with E-state index >= 15 is 0 Å². The summed E-state index contributed by atoms with van der Waals surface area (Å²) in [5.41, 5.74) is 2.73. The van der Waals surface area contributed by atoms with E-state index < -0.39 is 0 Å². The summed E-state index contributed by atoms with van der Waals surface area (Å²) in [5.74, 6) is 0.440. The van der Waals surface area contributed by atoms with Gasteiger partial charge in [-0.15, -0.1) is 0 Å². The predicted molar refractivity (Wildman–Crippen MR) is 93.6 cm³/mol. The van der Waals surface area contributed by atoms with Crippen LogP contribution in [0.15, 0.2) is 24.3 Å². The van der Waals surface area contributed by atoms with Gasteiger partial charge in [-0.25, -0.2) is 0 Å². The maximum absolute atomic E-state index is 13.0. The van der Waals surface area contributed by atoms with E-state index in [-0.39, 0.29) is 5.92 Å². The second kappa shape index (κ2) is 6.54. The first-order valence-corrected chi connectivity index (χ1v) is 9.48. The Morgan fingerprint density at radius 2 is 1.78 bits per heavy atom. The molecule has 4 rings (SSSR count). The summed E-state index contributed by atoms with van der Waals surface area (Å²) >= 11 is 0. The Labute approximate surface area is 139 Å². The first kappa shape index (κ1) is 15.0. The molecule has 2 heterocycles. The van der Waals surface area contributed by atoms with E-state index in [0.29, 0.717) is 18.0 Å². The van der Waals surface area contributed by atoms with Crippen molar-refractivity contribution in [3.05, 3.63) is 29.8 Å². The van der Waals surface area contributed by atoms with Gasteiger partial charge < -0.3 is 10.2 Å². The van der Waals surface area contributed by atoms with Gasteiger partial charge in [-0.05, 0) is 50.2 Å². The molecule has 0 spiro atoms. The molecule has 1 saturated carbocycles. The molecule has 23 heavy (non-hydrogen) atoms. The monoisotopic (exact) mass is 312 g/mol. The molecule has 3 heteroatoms. The van der Waals surface area contributed by atoms with Gasteiger partial charge in [-0.3, -0.25) is 4.79 Å². The van der Waals surface area contributed by atoms with Crippen LogP contribution in [0.5, 0.6) is 0 Å². The van der Waals surface area contributed by atoms with Crippen molar-refractivity contribution in [1.82, 2.24) is 5.32 Å². The van der Waals surface area contributed by atoms with Gasteiger partial charge in [0.1, 0.15) is 0 Å². The van der Waals surface area contributed by atoms with Crippen LogP contribution < -0.4 is 10.2 Å². The lowest BCUT2D eigenvalue weighted by Gasteiger charge is -2.46. The number of nitrogens with zero attached hydrogens (tertiary/aromatic N) is 1. The molecule has 3 nitrogen and oxygen atoms in total. The number of piperidine rings is 1. The molecule has 124 valence electrons. The average molecular weight is 312 g/mol. The van der Waals surface area contributed by atoms with Crippen LogP contribution >= 0.6 is 0 Å². The SMILES string of the molecule is O=C(NC1CCCCC1)C1Cc2ccccc2N2CCCCC12. The summed E-state index contributed by atoms with van der Waals surface area (Å²) in [6.45, 7) is 1.11. The lowest BCUT2D eigenvalue weighted by atomic mass is 9.80. The third kappa shape index (κ3) is 2.98. The molecule has 0 aromatic heterocycles. The maximum atomic E-state index is 13.0. The molecule has 1 aliphatic carbocycles. The number of carbonyl (C=O) groups excluding carboxylic acids is 1. The van der Waals surface area contributed by atoms with Crippen molar-refractivity contribution in [3.63, 3.8) is 0 Å². The zero-order chi connectivity index (χ0) is 15.6. The van der Waals surface area contributed by atoms with Crippen molar-refractivity contribution >= 4 is 11.6 Å². The van der Waals surface area contributed by atoms with E-state index in [4.69, 9.17) is 0 Å². The number of hydrogen-bond donors (Lipinski definition) is 1. The molecule has 2 fully saturated rings. The first-order chi connectivity index (χ1) is 11.3. The zero-order valence-electron chi connectivity index (χ0n) is 14.0. The number of amides is 1. The fraction of sp³-hybridized carbons (Fsp3) is 0.650. The third-order valence-corrected chi connectivity index (χ3v) is 6.04. The average Bonchev–Trinajstić information content (AvgIpc) is 2.62. The molecule has 1 saturated heterocycles. The van der Waals surface area contributed by atoms with Gasteiger partial charge >= 0.3 is 0 Å². The third-order valence-electron chi connectivity index (χ3n) is 6.04. The smallest absolute Gasteiger partial charge is 0.225 e. The molecule has 3 aliphatic rings. The molecule has 0 radical (unpaired) electrons. The molecule has 1 aromatic carbocycles. The Kier molecular flexibility index (Phi) is 4.28. The van der Waals surface area contributed by atoms with Crippen LogP contribution in [-0.4, -0.2) is 24.5 Å². The number of para-hydroxylation sites is 1. The Morgan fingerprint density at radius 3 is 2.65 bits per heavy atom. The highest BCUT2D eigenvalue weighted by Crippen LogP contribution is 2.38. The molecule has 1 amide bonds. The van der Waals surface area contributed by atoms with Gasteiger partial charge in [0.05, 0.1) is 5.92 Å². The number of rotatable bonds is 2. The summed E-state index contributed by atoms with van der Waals surface area (Å²) in [5, 5.41) is 3.39. The highest BCUT2D eigenvalue weighted by Gasteiger charge is 2.39. The van der Waals surface area contributed by atoms with Gasteiger partial charge in [-0.1, -0.05) is 37.5 Å². The summed E-state index contributed by atoms with van der Waals surface area (Å²) < 4.78 is 0. The van der Waals surface area contributed by atoms with Crippen molar-refractivity contribution < 1.29 is 4.79 Å². The van der Waals surface area contributed by atoms with Gasteiger partial charge in [-0.2, -0.15) is 0 Å². The topological polar surface area (TPSA) is 32.3 Å². The largest absolute Gasteiger partial charge is 0.368 e. The molecule has 2 aliphatic heterocycles. The first-order valence-electron chi connectivity index (χ1n) is 9.48. The Hall–Kier alpha value is -1.51. The van der Waals surface area contributed by atoms with Crippen LogP contribution in [0.2, 0.25) is 0 Å². The van der Waals surface area contributed by atoms with Gasteiger partial charge in [0, 0.05) is 24.3 Å². The van der Waals surface area contributed by atoms with Crippen LogP contribution in [0.3, 0.4) is 0 Å². The highest BCUT2D eigenvalue weighted by atomic mass is 16.2. The van der Waals surface area contributed by atoms with Crippen LogP contribution in [0.25, 0.3) is 0 Å². The van der Waals surface area contributed by atoms with E-state index in [1.165, 1.54) is 56.2 Å². The fourth-order valence-corrected chi connectivity index (χ4v) is 4.83. The number of carbonyl (C=O) groups is 1. The Morgan fingerprint density at radius 1 is 1.00 bits per heavy atom. The normalized spacial score (nSPS) is 27.9. The zero-order valence-corrected chi connectivity index (χ0v) is 14.0. The summed E-state index contributed by atoms with van der Waals surface area (Å²) in [6.07, 6.45) is 10.8. The van der Waals surface area contributed by atoms with E-state index in [1.54, 1.807) is 0 Å². The predicted octanol–water partition coefficient (Wildman–Crippen LogP) is 3.67. The summed E-state index contributed by atoms with van der Waals surface area (Å²) in [6, 6.07) is 9.52. The van der Waals surface area contributed by atoms with Crippen molar-refractivity contribution in [2.45, 2.75) is 69.9 Å². The van der Waals surface area contributed by atoms with Crippen LogP contribution in [-0.2, 0) is 11.2 Å². The molecule has 1 aromatic rings. The van der Waals surface area contributed by atoms with E-state index in [1.807, 2.05) is 0 Å². The Bertz CT molecular complexity index is 565. The summed E-state index contributed by atoms with van der Waals surface area (Å²) in [7, 11) is 0. The number of anilines is 1. The molecular weight excluding hydrogens is 284 g/mol. The fourth-order valence-electron chi connectivity index (χ4n) is 4.83. The van der Waals surface area contributed by atoms with Crippen LogP contribution in [0, 0.1) is 5.92 Å². The Balaban J connectivity index is 1.54. The summed E-state index contributed by atoms with van der Waals surface area (Å²) in [4.78, 5) is 15.5. The number of nitrogens with one attached hydrogen (secondary N) is 1. The number of hydrogen-bond acceptors (Lipinski definition) is 2. The quantitative estimate of drug-likeness (QED) is 0.904. The lowest BCUT2D eigenvalue weighted by Crippen LogP contribution is -2.54. The van der Waals surface area contributed by atoms with Crippen molar-refractivity contribution in [2.24, 2.45) is 5.92 Å². The second-order valence-corrected chi connectivity index (χ2v) is 7.54. The standard InChI is InChI=1S/C20H28N2O/c23-20(21-16-9-2-1-3-10-16)17-14-15-8-4-5-11-18(15)22-13-7-6-12-19(17)22/h4-5,8,11,16-17,19H,1-3,6-7,9-10,12-14H2,(H,21,23). The molecule has 2 unspecified atom stereocenters. The van der Waals surface area contributed by atoms with Crippen LogP contribution in [0.4, 0.5) is 5.69 Å². The highest BCUT2D eigenvalue weighted by molar-refractivity contribution is 5.82. The van der Waals surface area contributed by atoms with E-state index in [2.05, 4.69) is 34.5 Å². The van der Waals surface area contributed by atoms with Crippen molar-refractivity contribution in [2.75, 3.05) is 11.4 Å². The van der Waals surface area contributed by atoms with E-state index in [0.717, 1.165) is 19.4 Å². The molecular formula is C20H28N2O. The maximum Gasteiger partial charge on any atom is 0.225 e. The molecule has 0 bridgehead atoms. The minimum atomic E-state index is 0.132. The van der Waals surface area contributed by atoms with E-state index in [9.17, 15) is 4.79 Å². The number of fused-ring (bicyclic) bond motifs is 3. The van der Waals surface area contributed by atoms with Gasteiger partial charge in [0.25, 0.3) is 0 Å². The van der Waals surface area contributed by atoms with Crippen LogP contribution in [0.1, 0.15) is 56.9 Å².